The molecular weight excluding hydrogens is 250 g/mol. The van der Waals surface area contributed by atoms with Gasteiger partial charge in [0.15, 0.2) is 0 Å². The molecule has 0 spiro atoms. The summed E-state index contributed by atoms with van der Waals surface area (Å²) in [7, 11) is 4.20. The molecular formula is C15H29N5. The highest BCUT2D eigenvalue weighted by Crippen LogP contribution is 2.24. The Kier molecular flexibility index (Phi) is 6.20. The van der Waals surface area contributed by atoms with Gasteiger partial charge in [-0.15, -0.1) is 0 Å². The smallest absolute Gasteiger partial charge is 0.137 e. The third kappa shape index (κ3) is 4.34. The van der Waals surface area contributed by atoms with Crippen LogP contribution in [-0.4, -0.2) is 48.6 Å². The molecule has 0 aliphatic heterocycles. The van der Waals surface area contributed by atoms with Crippen LogP contribution in [0.5, 0.6) is 0 Å². The van der Waals surface area contributed by atoms with E-state index in [2.05, 4.69) is 49.7 Å². The lowest BCUT2D eigenvalue weighted by atomic mass is 10.2. The summed E-state index contributed by atoms with van der Waals surface area (Å²) < 4.78 is 0. The molecule has 5 nitrogen and oxygen atoms in total. The largest absolute Gasteiger partial charge is 0.383 e. The van der Waals surface area contributed by atoms with Crippen LogP contribution < -0.4 is 10.6 Å². The molecule has 0 unspecified atom stereocenters. The maximum absolute atomic E-state index is 6.04. The SMILES string of the molecule is CCN(CCCN(C)C)c1nc(C(C)C)nc(N)c1C. The Morgan fingerprint density at radius 1 is 1.15 bits per heavy atom. The predicted molar refractivity (Wildman–Crippen MR) is 86.3 cm³/mol. The zero-order valence-electron chi connectivity index (χ0n) is 13.8. The molecule has 1 rings (SSSR count). The lowest BCUT2D eigenvalue weighted by Crippen LogP contribution is -2.29. The molecule has 1 heterocycles. The van der Waals surface area contributed by atoms with E-state index in [0.717, 1.165) is 43.3 Å². The van der Waals surface area contributed by atoms with Gasteiger partial charge in [-0.3, -0.25) is 0 Å². The first-order chi connectivity index (χ1) is 9.36. The van der Waals surface area contributed by atoms with Crippen molar-refractivity contribution in [1.82, 2.24) is 14.9 Å². The van der Waals surface area contributed by atoms with E-state index in [1.165, 1.54) is 0 Å². The molecule has 20 heavy (non-hydrogen) atoms. The third-order valence-corrected chi connectivity index (χ3v) is 3.41. The Balaban J connectivity index is 2.95. The number of nitrogen functional groups attached to an aromatic ring is 1. The summed E-state index contributed by atoms with van der Waals surface area (Å²) in [5, 5.41) is 0. The standard InChI is InChI=1S/C15H29N5/c1-7-20(10-8-9-19(5)6)15-12(4)13(16)17-14(18-15)11(2)3/h11H,7-10H2,1-6H3,(H2,16,17,18). The van der Waals surface area contributed by atoms with Crippen LogP contribution in [0.1, 0.15) is 44.5 Å². The lowest BCUT2D eigenvalue weighted by Gasteiger charge is -2.25. The Morgan fingerprint density at radius 2 is 1.80 bits per heavy atom. The molecule has 2 N–H and O–H groups in total. The van der Waals surface area contributed by atoms with Crippen LogP contribution in [-0.2, 0) is 0 Å². The molecule has 0 saturated carbocycles. The van der Waals surface area contributed by atoms with Gasteiger partial charge in [0.1, 0.15) is 17.5 Å². The van der Waals surface area contributed by atoms with Gasteiger partial charge in [-0.2, -0.15) is 0 Å². The normalized spacial score (nSPS) is 11.4. The fraction of sp³-hybridized carbons (Fsp3) is 0.733. The fourth-order valence-electron chi connectivity index (χ4n) is 2.10. The van der Waals surface area contributed by atoms with Crippen LogP contribution in [0.15, 0.2) is 0 Å². The van der Waals surface area contributed by atoms with Gasteiger partial charge >= 0.3 is 0 Å². The minimum absolute atomic E-state index is 0.289. The van der Waals surface area contributed by atoms with Crippen LogP contribution in [0.2, 0.25) is 0 Å². The number of aromatic nitrogens is 2. The van der Waals surface area contributed by atoms with Gasteiger partial charge in [-0.05, 0) is 40.9 Å². The molecule has 1 aromatic rings. The average Bonchev–Trinajstić information content (AvgIpc) is 2.37. The average molecular weight is 279 g/mol. The Morgan fingerprint density at radius 3 is 2.30 bits per heavy atom. The van der Waals surface area contributed by atoms with Crippen molar-refractivity contribution in [3.63, 3.8) is 0 Å². The van der Waals surface area contributed by atoms with E-state index in [1.54, 1.807) is 0 Å². The van der Waals surface area contributed by atoms with Crippen LogP contribution in [0.4, 0.5) is 11.6 Å². The molecule has 0 bridgehead atoms. The maximum Gasteiger partial charge on any atom is 0.137 e. The molecule has 0 saturated heterocycles. The first kappa shape index (κ1) is 16.7. The summed E-state index contributed by atoms with van der Waals surface area (Å²) >= 11 is 0. The number of nitrogens with two attached hydrogens (primary N) is 1. The molecule has 0 amide bonds. The number of hydrogen-bond donors (Lipinski definition) is 1. The summed E-state index contributed by atoms with van der Waals surface area (Å²) in [5.41, 5.74) is 7.03. The zero-order valence-corrected chi connectivity index (χ0v) is 13.8. The predicted octanol–water partition coefficient (Wildman–Crippen LogP) is 2.27. The van der Waals surface area contributed by atoms with Crippen LogP contribution in [0.3, 0.4) is 0 Å². The summed E-state index contributed by atoms with van der Waals surface area (Å²) in [6.45, 7) is 11.3. The summed E-state index contributed by atoms with van der Waals surface area (Å²) in [6.07, 6.45) is 1.11. The van der Waals surface area contributed by atoms with Gasteiger partial charge in [-0.1, -0.05) is 13.8 Å². The first-order valence-electron chi connectivity index (χ1n) is 7.40. The molecule has 0 aliphatic carbocycles. The molecule has 114 valence electrons. The lowest BCUT2D eigenvalue weighted by molar-refractivity contribution is 0.400. The van der Waals surface area contributed by atoms with Crippen molar-refractivity contribution in [2.45, 2.75) is 40.0 Å². The fourth-order valence-corrected chi connectivity index (χ4v) is 2.10. The van der Waals surface area contributed by atoms with Crippen molar-refractivity contribution in [3.05, 3.63) is 11.4 Å². The van der Waals surface area contributed by atoms with E-state index in [4.69, 9.17) is 10.7 Å². The minimum Gasteiger partial charge on any atom is -0.383 e. The van der Waals surface area contributed by atoms with Crippen molar-refractivity contribution in [3.8, 4) is 0 Å². The quantitative estimate of drug-likeness (QED) is 0.829. The van der Waals surface area contributed by atoms with Crippen molar-refractivity contribution in [2.24, 2.45) is 0 Å². The second-order valence-electron chi connectivity index (χ2n) is 5.81. The number of hydrogen-bond acceptors (Lipinski definition) is 5. The van der Waals surface area contributed by atoms with Crippen LogP contribution >= 0.6 is 0 Å². The van der Waals surface area contributed by atoms with E-state index in [0.29, 0.717) is 5.82 Å². The molecule has 0 aliphatic rings. The van der Waals surface area contributed by atoms with Gasteiger partial charge in [-0.25, -0.2) is 9.97 Å². The third-order valence-electron chi connectivity index (χ3n) is 3.41. The van der Waals surface area contributed by atoms with Crippen molar-refractivity contribution >= 4 is 11.6 Å². The van der Waals surface area contributed by atoms with E-state index in [1.807, 2.05) is 6.92 Å². The maximum atomic E-state index is 6.04. The number of anilines is 2. The molecule has 0 radical (unpaired) electrons. The van der Waals surface area contributed by atoms with Gasteiger partial charge < -0.3 is 15.5 Å². The second kappa shape index (κ2) is 7.43. The van der Waals surface area contributed by atoms with Gasteiger partial charge in [0.2, 0.25) is 0 Å². The topological polar surface area (TPSA) is 58.3 Å². The van der Waals surface area contributed by atoms with Gasteiger partial charge in [0.05, 0.1) is 0 Å². The second-order valence-corrected chi connectivity index (χ2v) is 5.81. The van der Waals surface area contributed by atoms with Crippen LogP contribution in [0, 0.1) is 6.92 Å². The number of nitrogens with zero attached hydrogens (tertiary/aromatic N) is 4. The van der Waals surface area contributed by atoms with Gasteiger partial charge in [0.25, 0.3) is 0 Å². The van der Waals surface area contributed by atoms with E-state index in [-0.39, 0.29) is 5.92 Å². The highest BCUT2D eigenvalue weighted by molar-refractivity contribution is 5.56. The highest BCUT2D eigenvalue weighted by Gasteiger charge is 2.15. The molecule has 5 heteroatoms. The van der Waals surface area contributed by atoms with E-state index >= 15 is 0 Å². The molecule has 0 atom stereocenters. The number of rotatable bonds is 7. The summed E-state index contributed by atoms with van der Waals surface area (Å²) in [4.78, 5) is 13.6. The van der Waals surface area contributed by atoms with E-state index < -0.39 is 0 Å². The zero-order chi connectivity index (χ0) is 15.3. The van der Waals surface area contributed by atoms with Gasteiger partial charge in [0, 0.05) is 24.6 Å². The van der Waals surface area contributed by atoms with Crippen molar-refractivity contribution in [1.29, 1.82) is 0 Å². The highest BCUT2D eigenvalue weighted by atomic mass is 15.2. The molecule has 0 aromatic carbocycles. The molecule has 0 fully saturated rings. The Hall–Kier alpha value is -1.36. The minimum atomic E-state index is 0.289. The van der Waals surface area contributed by atoms with Crippen LogP contribution in [0.25, 0.3) is 0 Å². The Bertz CT molecular complexity index is 429. The van der Waals surface area contributed by atoms with Crippen molar-refractivity contribution < 1.29 is 0 Å². The summed E-state index contributed by atoms with van der Waals surface area (Å²) in [6, 6.07) is 0. The first-order valence-corrected chi connectivity index (χ1v) is 7.40. The van der Waals surface area contributed by atoms with E-state index in [9.17, 15) is 0 Å². The monoisotopic (exact) mass is 279 g/mol. The Labute approximate surface area is 123 Å². The van der Waals surface area contributed by atoms with Crippen molar-refractivity contribution in [2.75, 3.05) is 44.4 Å². The molecule has 1 aromatic heterocycles. The summed E-state index contributed by atoms with van der Waals surface area (Å²) in [5.74, 6) is 2.71.